The van der Waals surface area contributed by atoms with Crippen LogP contribution in [0.4, 0.5) is 5.69 Å². The van der Waals surface area contributed by atoms with Crippen molar-refractivity contribution >= 4 is 33.2 Å². The summed E-state index contributed by atoms with van der Waals surface area (Å²) in [5.74, 6) is 0.841. The number of ether oxygens (including phenoxy) is 1. The molecule has 3 aromatic rings. The quantitative estimate of drug-likeness (QED) is 0.458. The Labute approximate surface area is 168 Å². The molecule has 0 amide bonds. The predicted molar refractivity (Wildman–Crippen MR) is 113 cm³/mol. The van der Waals surface area contributed by atoms with E-state index in [0.717, 1.165) is 38.6 Å². The number of halogens is 2. The van der Waals surface area contributed by atoms with Crippen LogP contribution in [0.2, 0.25) is 5.02 Å². The molecule has 0 unspecified atom stereocenters. The van der Waals surface area contributed by atoms with E-state index in [9.17, 15) is 0 Å². The van der Waals surface area contributed by atoms with Crippen LogP contribution in [0.15, 0.2) is 65.1 Å². The molecule has 1 N–H and O–H groups in total. The molecule has 3 aromatic carbocycles. The van der Waals surface area contributed by atoms with Gasteiger partial charge in [0.25, 0.3) is 0 Å². The molecular formula is C22H21BrClNO. The normalized spacial score (nSPS) is 10.6. The van der Waals surface area contributed by atoms with Crippen molar-refractivity contribution in [3.8, 4) is 5.75 Å². The first-order chi connectivity index (χ1) is 12.5. The molecule has 0 fully saturated rings. The van der Waals surface area contributed by atoms with E-state index in [1.165, 1.54) is 11.1 Å². The number of hydrogen-bond acceptors (Lipinski definition) is 2. The average molecular weight is 431 g/mol. The lowest BCUT2D eigenvalue weighted by molar-refractivity contribution is 0.304. The fraction of sp³-hybridized carbons (Fsp3) is 0.182. The minimum Gasteiger partial charge on any atom is -0.488 e. The van der Waals surface area contributed by atoms with E-state index >= 15 is 0 Å². The second kappa shape index (κ2) is 8.61. The molecule has 0 aliphatic rings. The van der Waals surface area contributed by atoms with Gasteiger partial charge in [0.2, 0.25) is 0 Å². The van der Waals surface area contributed by atoms with Gasteiger partial charge < -0.3 is 10.1 Å². The van der Waals surface area contributed by atoms with Crippen LogP contribution in [-0.2, 0) is 13.2 Å². The van der Waals surface area contributed by atoms with Gasteiger partial charge in [0, 0.05) is 17.3 Å². The van der Waals surface area contributed by atoms with Gasteiger partial charge in [-0.3, -0.25) is 0 Å². The van der Waals surface area contributed by atoms with E-state index < -0.39 is 0 Å². The molecule has 0 aliphatic carbocycles. The molecular weight excluding hydrogens is 410 g/mol. The Morgan fingerprint density at radius 2 is 1.69 bits per heavy atom. The molecule has 0 radical (unpaired) electrons. The smallest absolute Gasteiger partial charge is 0.134 e. The summed E-state index contributed by atoms with van der Waals surface area (Å²) < 4.78 is 6.88. The second-order valence-electron chi connectivity index (χ2n) is 6.30. The third-order valence-corrected chi connectivity index (χ3v) is 5.29. The molecule has 134 valence electrons. The molecule has 26 heavy (non-hydrogen) atoms. The fourth-order valence-electron chi connectivity index (χ4n) is 2.61. The van der Waals surface area contributed by atoms with E-state index in [-0.39, 0.29) is 0 Å². The molecule has 0 spiro atoms. The van der Waals surface area contributed by atoms with Crippen LogP contribution < -0.4 is 10.1 Å². The summed E-state index contributed by atoms with van der Waals surface area (Å²) in [5.41, 5.74) is 5.69. The van der Waals surface area contributed by atoms with E-state index in [2.05, 4.69) is 64.6 Å². The number of hydrogen-bond donors (Lipinski definition) is 1. The highest BCUT2D eigenvalue weighted by Crippen LogP contribution is 2.28. The highest BCUT2D eigenvalue weighted by atomic mass is 79.9. The van der Waals surface area contributed by atoms with Crippen molar-refractivity contribution in [2.24, 2.45) is 0 Å². The van der Waals surface area contributed by atoms with Gasteiger partial charge in [0.15, 0.2) is 0 Å². The van der Waals surface area contributed by atoms with Crippen molar-refractivity contribution in [1.82, 2.24) is 0 Å². The number of rotatable bonds is 6. The van der Waals surface area contributed by atoms with Crippen LogP contribution >= 0.6 is 27.5 Å². The van der Waals surface area contributed by atoms with Crippen LogP contribution in [0.25, 0.3) is 0 Å². The van der Waals surface area contributed by atoms with Crippen LogP contribution in [0.3, 0.4) is 0 Å². The topological polar surface area (TPSA) is 21.3 Å². The number of nitrogens with one attached hydrogen (secondary N) is 1. The van der Waals surface area contributed by atoms with Crippen LogP contribution in [0, 0.1) is 13.8 Å². The molecule has 0 atom stereocenters. The number of aryl methyl sites for hydroxylation is 1. The maximum absolute atomic E-state index is 6.17. The predicted octanol–water partition coefficient (Wildman–Crippen LogP) is 6.91. The minimum atomic E-state index is 0.554. The van der Waals surface area contributed by atoms with Crippen LogP contribution in [0.5, 0.6) is 5.75 Å². The first kappa shape index (κ1) is 18.8. The van der Waals surface area contributed by atoms with Gasteiger partial charge in [0.05, 0.1) is 4.47 Å². The van der Waals surface area contributed by atoms with Crippen LogP contribution in [-0.4, -0.2) is 0 Å². The zero-order valence-corrected chi connectivity index (χ0v) is 17.2. The fourth-order valence-corrected chi connectivity index (χ4v) is 3.33. The first-order valence-corrected chi connectivity index (χ1v) is 9.66. The molecule has 0 saturated heterocycles. The largest absolute Gasteiger partial charge is 0.488 e. The molecule has 2 nitrogen and oxygen atoms in total. The maximum Gasteiger partial charge on any atom is 0.134 e. The summed E-state index contributed by atoms with van der Waals surface area (Å²) in [4.78, 5) is 0. The summed E-state index contributed by atoms with van der Waals surface area (Å²) in [7, 11) is 0. The van der Waals surface area contributed by atoms with Gasteiger partial charge in [0.1, 0.15) is 12.4 Å². The van der Waals surface area contributed by atoms with E-state index in [0.29, 0.717) is 6.61 Å². The Kier molecular flexibility index (Phi) is 6.23. The van der Waals surface area contributed by atoms with E-state index in [1.54, 1.807) is 0 Å². The SMILES string of the molecule is Cc1ccc(COc2ccc(CNc3cccc(Cl)c3C)cc2Br)cc1. The van der Waals surface area contributed by atoms with Crippen molar-refractivity contribution in [1.29, 1.82) is 0 Å². The lowest BCUT2D eigenvalue weighted by Gasteiger charge is -2.13. The number of anilines is 1. The lowest BCUT2D eigenvalue weighted by atomic mass is 10.1. The third-order valence-electron chi connectivity index (χ3n) is 4.26. The molecule has 0 heterocycles. The zero-order valence-electron chi connectivity index (χ0n) is 14.9. The summed E-state index contributed by atoms with van der Waals surface area (Å²) in [6.07, 6.45) is 0. The van der Waals surface area contributed by atoms with Crippen molar-refractivity contribution in [2.45, 2.75) is 27.0 Å². The van der Waals surface area contributed by atoms with Crippen molar-refractivity contribution < 1.29 is 4.74 Å². The van der Waals surface area contributed by atoms with Gasteiger partial charge in [-0.25, -0.2) is 0 Å². The Hall–Kier alpha value is -1.97. The monoisotopic (exact) mass is 429 g/mol. The van der Waals surface area contributed by atoms with Crippen molar-refractivity contribution in [3.05, 3.63) is 92.4 Å². The van der Waals surface area contributed by atoms with E-state index in [1.807, 2.05) is 31.2 Å². The Balaban J connectivity index is 1.61. The van der Waals surface area contributed by atoms with Gasteiger partial charge in [-0.1, -0.05) is 53.6 Å². The highest BCUT2D eigenvalue weighted by molar-refractivity contribution is 9.10. The molecule has 0 aliphatic heterocycles. The molecule has 0 aromatic heterocycles. The summed E-state index contributed by atoms with van der Waals surface area (Å²) in [6, 6.07) is 20.4. The summed E-state index contributed by atoms with van der Waals surface area (Å²) in [6.45, 7) is 5.37. The van der Waals surface area contributed by atoms with Crippen molar-refractivity contribution in [2.75, 3.05) is 5.32 Å². The van der Waals surface area contributed by atoms with Gasteiger partial charge >= 0.3 is 0 Å². The molecule has 0 bridgehead atoms. The molecule has 0 saturated carbocycles. The molecule has 4 heteroatoms. The van der Waals surface area contributed by atoms with E-state index in [4.69, 9.17) is 16.3 Å². The molecule has 3 rings (SSSR count). The zero-order chi connectivity index (χ0) is 18.5. The van der Waals surface area contributed by atoms with Gasteiger partial charge in [-0.05, 0) is 70.7 Å². The minimum absolute atomic E-state index is 0.554. The van der Waals surface area contributed by atoms with Gasteiger partial charge in [-0.2, -0.15) is 0 Å². The first-order valence-electron chi connectivity index (χ1n) is 8.48. The second-order valence-corrected chi connectivity index (χ2v) is 7.57. The maximum atomic E-state index is 6.17. The summed E-state index contributed by atoms with van der Waals surface area (Å²) in [5, 5.41) is 4.21. The lowest BCUT2D eigenvalue weighted by Crippen LogP contribution is -2.02. The Bertz CT molecular complexity index is 893. The third kappa shape index (κ3) is 4.80. The average Bonchev–Trinajstić information content (AvgIpc) is 2.63. The Morgan fingerprint density at radius 1 is 0.962 bits per heavy atom. The number of benzene rings is 3. The van der Waals surface area contributed by atoms with Gasteiger partial charge in [-0.15, -0.1) is 0 Å². The summed E-state index contributed by atoms with van der Waals surface area (Å²) >= 11 is 9.78. The standard InChI is InChI=1S/C22H21BrClNO/c1-15-6-8-17(9-7-15)14-26-22-11-10-18(12-19(22)23)13-25-21-5-3-4-20(24)16(21)2/h3-12,25H,13-14H2,1-2H3. The highest BCUT2D eigenvalue weighted by Gasteiger charge is 2.05. The Morgan fingerprint density at radius 3 is 2.42 bits per heavy atom. The van der Waals surface area contributed by atoms with Crippen LogP contribution in [0.1, 0.15) is 22.3 Å². The van der Waals surface area contributed by atoms with Crippen molar-refractivity contribution in [3.63, 3.8) is 0 Å².